The predicted octanol–water partition coefficient (Wildman–Crippen LogP) is 2.24. The molecule has 7 nitrogen and oxygen atoms in total. The molecule has 1 aliphatic rings. The van der Waals surface area contributed by atoms with Crippen molar-refractivity contribution in [2.75, 3.05) is 22.9 Å². The SMILES string of the molecule is O=C(CSc1nnc(NC2CC2)s1)NCC(=O)Nc1ccc(F)c(F)c1. The zero-order valence-electron chi connectivity index (χ0n) is 13.4. The quantitative estimate of drug-likeness (QED) is 0.589. The summed E-state index contributed by atoms with van der Waals surface area (Å²) in [6.45, 7) is -0.275. The van der Waals surface area contributed by atoms with Gasteiger partial charge in [-0.3, -0.25) is 9.59 Å². The van der Waals surface area contributed by atoms with Gasteiger partial charge in [-0.2, -0.15) is 0 Å². The van der Waals surface area contributed by atoms with Gasteiger partial charge in [0.1, 0.15) is 0 Å². The van der Waals surface area contributed by atoms with Gasteiger partial charge in [-0.15, -0.1) is 10.2 Å². The molecule has 2 aromatic rings. The highest BCUT2D eigenvalue weighted by atomic mass is 32.2. The fourth-order valence-corrected chi connectivity index (χ4v) is 3.52. The summed E-state index contributed by atoms with van der Waals surface area (Å²) in [5, 5.41) is 16.8. The lowest BCUT2D eigenvalue weighted by molar-refractivity contribution is -0.122. The number of benzene rings is 1. The van der Waals surface area contributed by atoms with E-state index in [1.165, 1.54) is 29.2 Å². The third-order valence-electron chi connectivity index (χ3n) is 3.29. The molecule has 1 saturated carbocycles. The molecule has 1 heterocycles. The summed E-state index contributed by atoms with van der Waals surface area (Å²) in [6.07, 6.45) is 2.27. The first-order valence-corrected chi connectivity index (χ1v) is 9.54. The van der Waals surface area contributed by atoms with E-state index in [-0.39, 0.29) is 23.9 Å². The molecule has 0 radical (unpaired) electrons. The molecule has 11 heteroatoms. The Labute approximate surface area is 156 Å². The second-order valence-corrected chi connectivity index (χ2v) is 7.73. The van der Waals surface area contributed by atoms with Crippen LogP contribution < -0.4 is 16.0 Å². The van der Waals surface area contributed by atoms with E-state index in [0.29, 0.717) is 10.4 Å². The van der Waals surface area contributed by atoms with Gasteiger partial charge in [-0.05, 0) is 25.0 Å². The van der Waals surface area contributed by atoms with E-state index in [0.717, 1.165) is 30.1 Å². The van der Waals surface area contributed by atoms with Crippen molar-refractivity contribution >= 4 is 45.7 Å². The molecule has 0 bridgehead atoms. The van der Waals surface area contributed by atoms with E-state index < -0.39 is 17.5 Å². The van der Waals surface area contributed by atoms with Crippen molar-refractivity contribution in [1.29, 1.82) is 0 Å². The van der Waals surface area contributed by atoms with E-state index in [9.17, 15) is 18.4 Å². The maximum absolute atomic E-state index is 13.1. The van der Waals surface area contributed by atoms with Crippen molar-refractivity contribution in [3.8, 4) is 0 Å². The number of carbonyl (C=O) groups excluding carboxylic acids is 2. The average molecular weight is 399 g/mol. The van der Waals surface area contributed by atoms with Gasteiger partial charge in [0.05, 0.1) is 12.3 Å². The number of carbonyl (C=O) groups is 2. The van der Waals surface area contributed by atoms with Crippen LogP contribution in [0.2, 0.25) is 0 Å². The minimum Gasteiger partial charge on any atom is -0.357 e. The van der Waals surface area contributed by atoms with Gasteiger partial charge in [-0.1, -0.05) is 23.1 Å². The van der Waals surface area contributed by atoms with E-state index in [4.69, 9.17) is 0 Å². The third kappa shape index (κ3) is 5.63. The molecule has 1 aliphatic carbocycles. The Morgan fingerprint density at radius 3 is 2.73 bits per heavy atom. The molecule has 0 saturated heterocycles. The number of hydrogen-bond donors (Lipinski definition) is 3. The number of nitrogens with zero attached hydrogens (tertiary/aromatic N) is 2. The van der Waals surface area contributed by atoms with Crippen LogP contribution in [0.15, 0.2) is 22.5 Å². The Balaban J connectivity index is 1.36. The van der Waals surface area contributed by atoms with Gasteiger partial charge in [0.15, 0.2) is 16.0 Å². The van der Waals surface area contributed by atoms with Crippen molar-refractivity contribution in [1.82, 2.24) is 15.5 Å². The Kier molecular flexibility index (Phi) is 5.99. The molecule has 1 fully saturated rings. The van der Waals surface area contributed by atoms with Crippen molar-refractivity contribution in [3.63, 3.8) is 0 Å². The molecule has 1 aromatic heterocycles. The van der Waals surface area contributed by atoms with Crippen LogP contribution in [0, 0.1) is 11.6 Å². The van der Waals surface area contributed by atoms with Crippen molar-refractivity contribution in [3.05, 3.63) is 29.8 Å². The Hall–Kier alpha value is -2.27. The van der Waals surface area contributed by atoms with Gasteiger partial charge in [-0.25, -0.2) is 8.78 Å². The zero-order valence-corrected chi connectivity index (χ0v) is 15.1. The summed E-state index contributed by atoms with van der Waals surface area (Å²) in [6, 6.07) is 3.50. The van der Waals surface area contributed by atoms with E-state index in [1.807, 2.05) is 0 Å². The molecule has 2 amide bonds. The summed E-state index contributed by atoms with van der Waals surface area (Å²) in [4.78, 5) is 23.5. The number of nitrogens with one attached hydrogen (secondary N) is 3. The first-order valence-electron chi connectivity index (χ1n) is 7.74. The number of anilines is 2. The molecular weight excluding hydrogens is 384 g/mol. The molecule has 0 unspecified atom stereocenters. The summed E-state index contributed by atoms with van der Waals surface area (Å²) >= 11 is 2.60. The number of aromatic nitrogens is 2. The smallest absolute Gasteiger partial charge is 0.243 e. The van der Waals surface area contributed by atoms with Crippen molar-refractivity contribution in [2.24, 2.45) is 0 Å². The van der Waals surface area contributed by atoms with Crippen LogP contribution in [-0.2, 0) is 9.59 Å². The van der Waals surface area contributed by atoms with E-state index in [1.54, 1.807) is 0 Å². The largest absolute Gasteiger partial charge is 0.357 e. The zero-order chi connectivity index (χ0) is 18.5. The standard InChI is InChI=1S/C15H15F2N5O2S2/c16-10-4-3-9(5-11(10)17)19-12(23)6-18-13(24)7-25-15-22-21-14(26-15)20-8-1-2-8/h3-5,8H,1-2,6-7H2,(H,18,24)(H,19,23)(H,20,21). The number of halogens is 2. The molecule has 3 rings (SSSR count). The van der Waals surface area contributed by atoms with Crippen LogP contribution in [0.1, 0.15) is 12.8 Å². The maximum Gasteiger partial charge on any atom is 0.243 e. The second-order valence-electron chi connectivity index (χ2n) is 5.53. The minimum atomic E-state index is -1.06. The molecule has 26 heavy (non-hydrogen) atoms. The van der Waals surface area contributed by atoms with Crippen LogP contribution >= 0.6 is 23.1 Å². The van der Waals surface area contributed by atoms with Gasteiger partial charge >= 0.3 is 0 Å². The lowest BCUT2D eigenvalue weighted by atomic mass is 10.3. The third-order valence-corrected chi connectivity index (χ3v) is 5.28. The van der Waals surface area contributed by atoms with Gasteiger partial charge in [0.25, 0.3) is 0 Å². The first-order chi connectivity index (χ1) is 12.5. The number of amides is 2. The predicted molar refractivity (Wildman–Crippen MR) is 95.3 cm³/mol. The lowest BCUT2D eigenvalue weighted by Gasteiger charge is -2.07. The van der Waals surface area contributed by atoms with Gasteiger partial charge in [0, 0.05) is 17.8 Å². The number of thioether (sulfide) groups is 1. The van der Waals surface area contributed by atoms with Gasteiger partial charge < -0.3 is 16.0 Å². The van der Waals surface area contributed by atoms with E-state index >= 15 is 0 Å². The number of hydrogen-bond acceptors (Lipinski definition) is 7. The van der Waals surface area contributed by atoms with Crippen LogP contribution in [-0.4, -0.2) is 40.4 Å². The summed E-state index contributed by atoms with van der Waals surface area (Å²) in [5.41, 5.74) is 0.113. The second kappa shape index (κ2) is 8.41. The van der Waals surface area contributed by atoms with Crippen LogP contribution in [0.4, 0.5) is 19.6 Å². The Bertz CT molecular complexity index is 813. The lowest BCUT2D eigenvalue weighted by Crippen LogP contribution is -2.33. The minimum absolute atomic E-state index is 0.0938. The highest BCUT2D eigenvalue weighted by molar-refractivity contribution is 8.01. The molecule has 0 atom stereocenters. The van der Waals surface area contributed by atoms with Crippen molar-refractivity contribution < 1.29 is 18.4 Å². The molecule has 3 N–H and O–H groups in total. The summed E-state index contributed by atoms with van der Waals surface area (Å²) in [7, 11) is 0. The molecular formula is C15H15F2N5O2S2. The maximum atomic E-state index is 13.1. The van der Waals surface area contributed by atoms with Crippen LogP contribution in [0.25, 0.3) is 0 Å². The average Bonchev–Trinajstić information content (AvgIpc) is 3.31. The fourth-order valence-electron chi connectivity index (χ4n) is 1.86. The highest BCUT2D eigenvalue weighted by Crippen LogP contribution is 2.30. The monoisotopic (exact) mass is 399 g/mol. The molecule has 1 aromatic carbocycles. The van der Waals surface area contributed by atoms with Crippen LogP contribution in [0.3, 0.4) is 0 Å². The Morgan fingerprint density at radius 2 is 2.00 bits per heavy atom. The van der Waals surface area contributed by atoms with Crippen molar-refractivity contribution in [2.45, 2.75) is 23.2 Å². The van der Waals surface area contributed by atoms with Gasteiger partial charge in [0.2, 0.25) is 16.9 Å². The number of rotatable bonds is 8. The topological polar surface area (TPSA) is 96.0 Å². The molecule has 0 aliphatic heterocycles. The summed E-state index contributed by atoms with van der Waals surface area (Å²) in [5.74, 6) is -2.85. The normalized spacial score (nSPS) is 13.3. The van der Waals surface area contributed by atoms with Crippen LogP contribution in [0.5, 0.6) is 0 Å². The molecule has 138 valence electrons. The highest BCUT2D eigenvalue weighted by Gasteiger charge is 2.22. The van der Waals surface area contributed by atoms with E-state index in [2.05, 4.69) is 26.1 Å². The summed E-state index contributed by atoms with van der Waals surface area (Å²) < 4.78 is 26.6. The Morgan fingerprint density at radius 1 is 1.19 bits per heavy atom. The molecule has 0 spiro atoms. The first kappa shape index (κ1) is 18.5. The fraction of sp³-hybridized carbons (Fsp3) is 0.333.